The van der Waals surface area contributed by atoms with Crippen molar-refractivity contribution in [3.05, 3.63) is 11.6 Å². The van der Waals surface area contributed by atoms with Crippen LogP contribution in [0.4, 0.5) is 0 Å². The van der Waals surface area contributed by atoms with Gasteiger partial charge in [0.1, 0.15) is 0 Å². The zero-order valence-corrected chi connectivity index (χ0v) is 10.0. The summed E-state index contributed by atoms with van der Waals surface area (Å²) in [5, 5.41) is 0.481. The Labute approximate surface area is 96.0 Å². The lowest BCUT2D eigenvalue weighted by Crippen LogP contribution is -2.37. The molecule has 0 aromatic heterocycles. The number of hydrogen-bond acceptors (Lipinski definition) is 3. The molecule has 1 aliphatic heterocycles. The summed E-state index contributed by atoms with van der Waals surface area (Å²) in [7, 11) is -2.88. The first kappa shape index (κ1) is 12.6. The van der Waals surface area contributed by atoms with E-state index in [0.29, 0.717) is 24.5 Å². The van der Waals surface area contributed by atoms with Crippen LogP contribution < -0.4 is 0 Å². The quantitative estimate of drug-likeness (QED) is 0.692. The van der Waals surface area contributed by atoms with Crippen molar-refractivity contribution in [2.75, 3.05) is 24.6 Å². The molecule has 15 heavy (non-hydrogen) atoms. The standard InChI is InChI=1S/C10H14ClNO2S/c1-3-5-12(7-9(2)11)10-4-6-15(13,14)8-10/h1,10H,2,4-8H2/t10-/m0/s1. The van der Waals surface area contributed by atoms with Crippen LogP contribution in [0, 0.1) is 12.3 Å². The van der Waals surface area contributed by atoms with Gasteiger partial charge >= 0.3 is 0 Å². The number of nitrogens with zero attached hydrogens (tertiary/aromatic N) is 1. The van der Waals surface area contributed by atoms with Crippen molar-refractivity contribution in [1.82, 2.24) is 4.90 Å². The fraction of sp³-hybridized carbons (Fsp3) is 0.600. The first-order valence-corrected chi connectivity index (χ1v) is 6.86. The van der Waals surface area contributed by atoms with E-state index in [1.54, 1.807) is 0 Å². The highest BCUT2D eigenvalue weighted by molar-refractivity contribution is 7.91. The maximum absolute atomic E-state index is 11.3. The third-order valence-corrected chi connectivity index (χ3v) is 4.26. The van der Waals surface area contributed by atoms with Gasteiger partial charge in [-0.1, -0.05) is 24.1 Å². The summed E-state index contributed by atoms with van der Waals surface area (Å²) in [6.45, 7) is 4.45. The van der Waals surface area contributed by atoms with Gasteiger partial charge in [-0.2, -0.15) is 0 Å². The SMILES string of the molecule is C#CCN(CC(=C)Cl)[C@H]1CCS(=O)(=O)C1. The summed E-state index contributed by atoms with van der Waals surface area (Å²) in [6, 6.07) is -0.0125. The molecule has 5 heteroatoms. The molecular weight excluding hydrogens is 234 g/mol. The molecule has 0 saturated carbocycles. The van der Waals surface area contributed by atoms with E-state index in [1.807, 2.05) is 4.90 Å². The molecular formula is C10H14ClNO2S. The molecule has 0 N–H and O–H groups in total. The highest BCUT2D eigenvalue weighted by Gasteiger charge is 2.31. The molecule has 1 atom stereocenters. The average Bonchev–Trinajstić information content (AvgIpc) is 2.44. The second-order valence-electron chi connectivity index (χ2n) is 3.68. The fourth-order valence-electron chi connectivity index (χ4n) is 1.72. The molecule has 1 saturated heterocycles. The zero-order valence-electron chi connectivity index (χ0n) is 8.45. The normalized spacial score (nSPS) is 23.9. The molecule has 0 unspecified atom stereocenters. The first-order valence-electron chi connectivity index (χ1n) is 4.66. The van der Waals surface area contributed by atoms with Gasteiger partial charge in [-0.05, 0) is 6.42 Å². The molecule has 0 spiro atoms. The van der Waals surface area contributed by atoms with E-state index in [-0.39, 0.29) is 17.5 Å². The van der Waals surface area contributed by atoms with Crippen LogP contribution in [0.1, 0.15) is 6.42 Å². The van der Waals surface area contributed by atoms with Crippen LogP contribution in [0.5, 0.6) is 0 Å². The average molecular weight is 248 g/mol. The van der Waals surface area contributed by atoms with Crippen molar-refractivity contribution < 1.29 is 8.42 Å². The van der Waals surface area contributed by atoms with Crippen LogP contribution in [0.15, 0.2) is 11.6 Å². The van der Waals surface area contributed by atoms with Crippen molar-refractivity contribution in [2.45, 2.75) is 12.5 Å². The number of sulfone groups is 1. The maximum Gasteiger partial charge on any atom is 0.151 e. The van der Waals surface area contributed by atoms with E-state index in [4.69, 9.17) is 18.0 Å². The summed E-state index contributed by atoms with van der Waals surface area (Å²) in [5.41, 5.74) is 0. The Morgan fingerprint density at radius 1 is 1.67 bits per heavy atom. The van der Waals surface area contributed by atoms with Gasteiger partial charge in [0.05, 0.1) is 18.1 Å². The van der Waals surface area contributed by atoms with Crippen molar-refractivity contribution >= 4 is 21.4 Å². The summed E-state index contributed by atoms with van der Waals surface area (Å²) in [5.74, 6) is 2.93. The minimum absolute atomic E-state index is 0.0125. The van der Waals surface area contributed by atoms with E-state index in [9.17, 15) is 8.42 Å². The van der Waals surface area contributed by atoms with Crippen LogP contribution in [0.2, 0.25) is 0 Å². The Morgan fingerprint density at radius 3 is 2.73 bits per heavy atom. The molecule has 1 rings (SSSR count). The van der Waals surface area contributed by atoms with Gasteiger partial charge in [0.2, 0.25) is 0 Å². The summed E-state index contributed by atoms with van der Waals surface area (Å²) in [4.78, 5) is 1.89. The van der Waals surface area contributed by atoms with E-state index in [1.165, 1.54) is 0 Å². The highest BCUT2D eigenvalue weighted by atomic mass is 35.5. The lowest BCUT2D eigenvalue weighted by atomic mass is 10.2. The van der Waals surface area contributed by atoms with E-state index in [0.717, 1.165) is 0 Å². The molecule has 1 heterocycles. The largest absolute Gasteiger partial charge is 0.283 e. The molecule has 0 amide bonds. The Hall–Kier alpha value is -0.500. The number of terminal acetylenes is 1. The molecule has 1 aliphatic rings. The smallest absolute Gasteiger partial charge is 0.151 e. The monoisotopic (exact) mass is 247 g/mol. The molecule has 0 radical (unpaired) electrons. The van der Waals surface area contributed by atoms with Crippen molar-refractivity contribution in [3.8, 4) is 12.3 Å². The highest BCUT2D eigenvalue weighted by Crippen LogP contribution is 2.18. The van der Waals surface area contributed by atoms with Crippen LogP contribution in [-0.4, -0.2) is 44.0 Å². The van der Waals surface area contributed by atoms with Gasteiger partial charge < -0.3 is 0 Å². The number of halogens is 1. The predicted octanol–water partition coefficient (Wildman–Crippen LogP) is 0.861. The Morgan fingerprint density at radius 2 is 2.33 bits per heavy atom. The summed E-state index contributed by atoms with van der Waals surface area (Å²) >= 11 is 5.70. The molecule has 0 bridgehead atoms. The van der Waals surface area contributed by atoms with Gasteiger partial charge in [-0.25, -0.2) is 8.42 Å². The third-order valence-electron chi connectivity index (χ3n) is 2.39. The van der Waals surface area contributed by atoms with Gasteiger partial charge in [0, 0.05) is 17.6 Å². The summed E-state index contributed by atoms with van der Waals surface area (Å²) in [6.07, 6.45) is 5.86. The van der Waals surface area contributed by atoms with Crippen LogP contribution in [0.3, 0.4) is 0 Å². The zero-order chi connectivity index (χ0) is 11.5. The van der Waals surface area contributed by atoms with Gasteiger partial charge in [0.15, 0.2) is 9.84 Å². The Kier molecular flexibility index (Phi) is 4.21. The summed E-state index contributed by atoms with van der Waals surface area (Å²) < 4.78 is 22.6. The molecule has 0 aromatic rings. The Balaban J connectivity index is 2.66. The van der Waals surface area contributed by atoms with Gasteiger partial charge in [-0.3, -0.25) is 4.90 Å². The fourth-order valence-corrected chi connectivity index (χ4v) is 3.63. The maximum atomic E-state index is 11.3. The first-order chi connectivity index (χ1) is 6.94. The number of rotatable bonds is 4. The van der Waals surface area contributed by atoms with Gasteiger partial charge in [0.25, 0.3) is 0 Å². The van der Waals surface area contributed by atoms with E-state index >= 15 is 0 Å². The van der Waals surface area contributed by atoms with Crippen LogP contribution in [-0.2, 0) is 9.84 Å². The lowest BCUT2D eigenvalue weighted by molar-refractivity contribution is 0.263. The van der Waals surface area contributed by atoms with E-state index < -0.39 is 9.84 Å². The third kappa shape index (κ3) is 3.86. The van der Waals surface area contributed by atoms with Gasteiger partial charge in [-0.15, -0.1) is 6.42 Å². The topological polar surface area (TPSA) is 37.4 Å². The lowest BCUT2D eigenvalue weighted by Gasteiger charge is -2.25. The molecule has 0 aromatic carbocycles. The Bertz CT molecular complexity index is 383. The predicted molar refractivity (Wildman–Crippen MR) is 62.5 cm³/mol. The second kappa shape index (κ2) is 5.02. The molecule has 3 nitrogen and oxygen atoms in total. The molecule has 1 fully saturated rings. The van der Waals surface area contributed by atoms with E-state index in [2.05, 4.69) is 12.5 Å². The molecule has 0 aliphatic carbocycles. The molecule has 84 valence electrons. The number of hydrogen-bond donors (Lipinski definition) is 0. The van der Waals surface area contributed by atoms with Crippen LogP contribution >= 0.6 is 11.6 Å². The van der Waals surface area contributed by atoms with Crippen molar-refractivity contribution in [3.63, 3.8) is 0 Å². The minimum Gasteiger partial charge on any atom is -0.283 e. The minimum atomic E-state index is -2.88. The second-order valence-corrected chi connectivity index (χ2v) is 6.45. The van der Waals surface area contributed by atoms with Crippen LogP contribution in [0.25, 0.3) is 0 Å². The van der Waals surface area contributed by atoms with Crippen molar-refractivity contribution in [1.29, 1.82) is 0 Å². The van der Waals surface area contributed by atoms with Crippen molar-refractivity contribution in [2.24, 2.45) is 0 Å².